The number of benzene rings is 1. The van der Waals surface area contributed by atoms with Gasteiger partial charge < -0.3 is 16.4 Å². The summed E-state index contributed by atoms with van der Waals surface area (Å²) in [6.45, 7) is 5.01. The van der Waals surface area contributed by atoms with Crippen LogP contribution in [0, 0.1) is 0 Å². The average molecular weight is 285 g/mol. The molecular formula is C16H23N5. The SMILES string of the molecule is CCC(C)Nc1ncnc(NCCc2ccccc2)c1N. The molecule has 1 aromatic carbocycles. The van der Waals surface area contributed by atoms with Gasteiger partial charge in [-0.05, 0) is 25.3 Å². The summed E-state index contributed by atoms with van der Waals surface area (Å²) < 4.78 is 0. The molecule has 4 N–H and O–H groups in total. The van der Waals surface area contributed by atoms with Crippen LogP contribution in [0.15, 0.2) is 36.7 Å². The molecule has 0 spiro atoms. The lowest BCUT2D eigenvalue weighted by molar-refractivity contribution is 0.759. The summed E-state index contributed by atoms with van der Waals surface area (Å²) in [4.78, 5) is 8.42. The molecule has 0 aliphatic carbocycles. The Morgan fingerprint density at radius 3 is 2.57 bits per heavy atom. The van der Waals surface area contributed by atoms with Crippen LogP contribution in [0.2, 0.25) is 0 Å². The molecule has 2 aromatic rings. The van der Waals surface area contributed by atoms with Gasteiger partial charge in [0.25, 0.3) is 0 Å². The lowest BCUT2D eigenvalue weighted by Crippen LogP contribution is -2.17. The van der Waals surface area contributed by atoms with E-state index in [-0.39, 0.29) is 0 Å². The molecule has 21 heavy (non-hydrogen) atoms. The van der Waals surface area contributed by atoms with E-state index in [0.717, 1.165) is 19.4 Å². The van der Waals surface area contributed by atoms with Gasteiger partial charge in [-0.1, -0.05) is 37.3 Å². The van der Waals surface area contributed by atoms with Crippen molar-refractivity contribution in [2.24, 2.45) is 0 Å². The highest BCUT2D eigenvalue weighted by molar-refractivity contribution is 5.74. The third kappa shape index (κ3) is 4.34. The molecule has 0 aliphatic heterocycles. The van der Waals surface area contributed by atoms with Gasteiger partial charge in [-0.2, -0.15) is 0 Å². The van der Waals surface area contributed by atoms with Crippen LogP contribution in [0.25, 0.3) is 0 Å². The minimum absolute atomic E-state index is 0.333. The molecular weight excluding hydrogens is 262 g/mol. The van der Waals surface area contributed by atoms with Gasteiger partial charge in [0.1, 0.15) is 12.0 Å². The maximum absolute atomic E-state index is 6.12. The molecule has 0 bridgehead atoms. The first kappa shape index (κ1) is 15.1. The topological polar surface area (TPSA) is 75.9 Å². The predicted molar refractivity (Wildman–Crippen MR) is 88.5 cm³/mol. The summed E-state index contributed by atoms with van der Waals surface area (Å²) in [5, 5.41) is 6.57. The maximum Gasteiger partial charge on any atom is 0.155 e. The normalized spacial score (nSPS) is 11.9. The number of aromatic nitrogens is 2. The minimum atomic E-state index is 0.333. The Hall–Kier alpha value is -2.30. The van der Waals surface area contributed by atoms with Crippen LogP contribution >= 0.6 is 0 Å². The largest absolute Gasteiger partial charge is 0.393 e. The first-order chi connectivity index (χ1) is 10.2. The van der Waals surface area contributed by atoms with Crippen molar-refractivity contribution >= 4 is 17.3 Å². The van der Waals surface area contributed by atoms with Crippen LogP contribution in [0.5, 0.6) is 0 Å². The molecule has 0 fully saturated rings. The average Bonchev–Trinajstić information content (AvgIpc) is 2.52. The molecule has 0 aliphatic rings. The van der Waals surface area contributed by atoms with Gasteiger partial charge in [-0.15, -0.1) is 0 Å². The number of hydrogen-bond donors (Lipinski definition) is 3. The van der Waals surface area contributed by atoms with Crippen molar-refractivity contribution in [1.29, 1.82) is 0 Å². The van der Waals surface area contributed by atoms with Crippen molar-refractivity contribution < 1.29 is 0 Å². The first-order valence-electron chi connectivity index (χ1n) is 7.35. The summed E-state index contributed by atoms with van der Waals surface area (Å²) in [6, 6.07) is 10.7. The van der Waals surface area contributed by atoms with Crippen LogP contribution in [0.1, 0.15) is 25.8 Å². The van der Waals surface area contributed by atoms with Crippen molar-refractivity contribution in [2.75, 3.05) is 22.9 Å². The van der Waals surface area contributed by atoms with Gasteiger partial charge in [-0.25, -0.2) is 9.97 Å². The van der Waals surface area contributed by atoms with Crippen LogP contribution in [0.4, 0.5) is 17.3 Å². The molecule has 2 rings (SSSR count). The molecule has 0 amide bonds. The zero-order valence-electron chi connectivity index (χ0n) is 12.6. The number of nitrogen functional groups attached to an aromatic ring is 1. The fourth-order valence-corrected chi connectivity index (χ4v) is 1.96. The van der Waals surface area contributed by atoms with Gasteiger partial charge in [-0.3, -0.25) is 0 Å². The molecule has 112 valence electrons. The third-order valence-electron chi connectivity index (χ3n) is 3.43. The van der Waals surface area contributed by atoms with E-state index in [1.807, 2.05) is 18.2 Å². The van der Waals surface area contributed by atoms with E-state index < -0.39 is 0 Å². The van der Waals surface area contributed by atoms with Crippen molar-refractivity contribution in [3.63, 3.8) is 0 Å². The molecule has 5 heteroatoms. The second-order valence-electron chi connectivity index (χ2n) is 5.10. The summed E-state index contributed by atoms with van der Waals surface area (Å²) in [5.74, 6) is 1.38. The van der Waals surface area contributed by atoms with Crippen molar-refractivity contribution in [3.8, 4) is 0 Å². The fraction of sp³-hybridized carbons (Fsp3) is 0.375. The van der Waals surface area contributed by atoms with Gasteiger partial charge >= 0.3 is 0 Å². The third-order valence-corrected chi connectivity index (χ3v) is 3.43. The van der Waals surface area contributed by atoms with Crippen LogP contribution in [0.3, 0.4) is 0 Å². The Morgan fingerprint density at radius 1 is 1.14 bits per heavy atom. The Kier molecular flexibility index (Phi) is 5.37. The summed E-state index contributed by atoms with van der Waals surface area (Å²) >= 11 is 0. The Morgan fingerprint density at radius 2 is 1.86 bits per heavy atom. The van der Waals surface area contributed by atoms with E-state index in [4.69, 9.17) is 5.73 Å². The van der Waals surface area contributed by atoms with E-state index in [2.05, 4.69) is 46.6 Å². The van der Waals surface area contributed by atoms with Gasteiger partial charge in [0.15, 0.2) is 11.6 Å². The molecule has 1 atom stereocenters. The van der Waals surface area contributed by atoms with Crippen molar-refractivity contribution in [1.82, 2.24) is 9.97 Å². The monoisotopic (exact) mass is 285 g/mol. The van der Waals surface area contributed by atoms with Gasteiger partial charge in [0.2, 0.25) is 0 Å². The standard InChI is InChI=1S/C16H23N5/c1-3-12(2)21-16-14(17)15(19-11-20-16)18-10-9-13-7-5-4-6-8-13/h4-8,11-12H,3,9-10,17H2,1-2H3,(H2,18,19,20,21). The van der Waals surface area contributed by atoms with Gasteiger partial charge in [0.05, 0.1) is 0 Å². The Labute approximate surface area is 126 Å². The number of nitrogens with two attached hydrogens (primary N) is 1. The van der Waals surface area contributed by atoms with E-state index >= 15 is 0 Å². The fourth-order valence-electron chi connectivity index (χ4n) is 1.96. The number of anilines is 3. The quantitative estimate of drug-likeness (QED) is 0.729. The van der Waals surface area contributed by atoms with Crippen LogP contribution in [-0.4, -0.2) is 22.6 Å². The van der Waals surface area contributed by atoms with E-state index in [9.17, 15) is 0 Å². The molecule has 1 heterocycles. The minimum Gasteiger partial charge on any atom is -0.393 e. The highest BCUT2D eigenvalue weighted by atomic mass is 15.1. The number of rotatable bonds is 7. The molecule has 1 aromatic heterocycles. The summed E-state index contributed by atoms with van der Waals surface area (Å²) in [7, 11) is 0. The van der Waals surface area contributed by atoms with Gasteiger partial charge in [0, 0.05) is 12.6 Å². The number of nitrogens with zero attached hydrogens (tertiary/aromatic N) is 2. The maximum atomic E-state index is 6.12. The van der Waals surface area contributed by atoms with Crippen molar-refractivity contribution in [3.05, 3.63) is 42.2 Å². The molecule has 5 nitrogen and oxygen atoms in total. The Bertz CT molecular complexity index is 556. The highest BCUT2D eigenvalue weighted by Gasteiger charge is 2.09. The molecule has 0 saturated carbocycles. The second kappa shape index (κ2) is 7.47. The smallest absolute Gasteiger partial charge is 0.155 e. The van der Waals surface area contributed by atoms with Crippen molar-refractivity contribution in [2.45, 2.75) is 32.7 Å². The summed E-state index contributed by atoms with van der Waals surface area (Å²) in [5.41, 5.74) is 7.98. The molecule has 0 radical (unpaired) electrons. The highest BCUT2D eigenvalue weighted by Crippen LogP contribution is 2.23. The first-order valence-corrected chi connectivity index (χ1v) is 7.35. The molecule has 0 saturated heterocycles. The van der Waals surface area contributed by atoms with Crippen LogP contribution in [-0.2, 0) is 6.42 Å². The number of hydrogen-bond acceptors (Lipinski definition) is 5. The van der Waals surface area contributed by atoms with E-state index in [1.54, 1.807) is 0 Å². The zero-order valence-corrected chi connectivity index (χ0v) is 12.6. The number of nitrogens with one attached hydrogen (secondary N) is 2. The van der Waals surface area contributed by atoms with Crippen LogP contribution < -0.4 is 16.4 Å². The van der Waals surface area contributed by atoms with E-state index in [1.165, 1.54) is 11.9 Å². The summed E-state index contributed by atoms with van der Waals surface area (Å²) in [6.07, 6.45) is 3.48. The lowest BCUT2D eigenvalue weighted by atomic mass is 10.1. The predicted octanol–water partition coefficient (Wildman–Crippen LogP) is 2.92. The molecule has 1 unspecified atom stereocenters. The Balaban J connectivity index is 1.95. The second-order valence-corrected chi connectivity index (χ2v) is 5.10. The zero-order chi connectivity index (χ0) is 15.1. The lowest BCUT2D eigenvalue weighted by Gasteiger charge is -2.15. The van der Waals surface area contributed by atoms with E-state index in [0.29, 0.717) is 23.4 Å².